The van der Waals surface area contributed by atoms with Gasteiger partial charge in [0.15, 0.2) is 5.82 Å². The molecule has 0 aliphatic heterocycles. The quantitative estimate of drug-likeness (QED) is 0.192. The number of fused-ring (bicyclic) bond motifs is 4. The maximum absolute atomic E-state index is 5.05. The fourth-order valence-electron chi connectivity index (χ4n) is 6.40. The van der Waals surface area contributed by atoms with E-state index in [1.165, 1.54) is 53.2 Å². The first-order valence-electron chi connectivity index (χ1n) is 15.8. The number of thiophene rings is 1. The first-order valence-corrected chi connectivity index (χ1v) is 16.6. The van der Waals surface area contributed by atoms with Gasteiger partial charge in [-0.3, -0.25) is 0 Å². The van der Waals surface area contributed by atoms with Crippen LogP contribution in [0.15, 0.2) is 170 Å². The van der Waals surface area contributed by atoms with Gasteiger partial charge in [-0.2, -0.15) is 0 Å². The first kappa shape index (κ1) is 27.4. The van der Waals surface area contributed by atoms with Crippen LogP contribution in [0.25, 0.3) is 87.1 Å². The molecule has 0 saturated heterocycles. The van der Waals surface area contributed by atoms with Crippen molar-refractivity contribution in [3.63, 3.8) is 0 Å². The van der Waals surface area contributed by atoms with Gasteiger partial charge in [-0.1, -0.05) is 140 Å². The van der Waals surface area contributed by atoms with Gasteiger partial charge >= 0.3 is 0 Å². The Kier molecular flexibility index (Phi) is 6.69. The molecular weight excluding hydrogens is 589 g/mol. The Morgan fingerprint density at radius 3 is 1.57 bits per heavy atom. The first-order chi connectivity index (χ1) is 23.2. The number of nitrogens with zero attached hydrogens (tertiary/aromatic N) is 2. The van der Waals surface area contributed by atoms with Gasteiger partial charge in [0.1, 0.15) is 0 Å². The van der Waals surface area contributed by atoms with Crippen molar-refractivity contribution in [2.45, 2.75) is 0 Å². The lowest BCUT2D eigenvalue weighted by Gasteiger charge is -2.11. The van der Waals surface area contributed by atoms with Crippen LogP contribution in [0.1, 0.15) is 0 Å². The van der Waals surface area contributed by atoms with E-state index in [0.717, 1.165) is 33.9 Å². The van der Waals surface area contributed by atoms with Crippen molar-refractivity contribution in [1.29, 1.82) is 0 Å². The minimum Gasteiger partial charge on any atom is -0.228 e. The maximum atomic E-state index is 5.05. The molecule has 0 unspecified atom stereocenters. The van der Waals surface area contributed by atoms with Gasteiger partial charge in [0, 0.05) is 36.9 Å². The van der Waals surface area contributed by atoms with Crippen molar-refractivity contribution in [2.75, 3.05) is 0 Å². The Labute approximate surface area is 277 Å². The Morgan fingerprint density at radius 2 is 0.851 bits per heavy atom. The summed E-state index contributed by atoms with van der Waals surface area (Å²) >= 11 is 1.85. The van der Waals surface area contributed by atoms with Gasteiger partial charge in [-0.05, 0) is 63.4 Å². The highest BCUT2D eigenvalue weighted by Crippen LogP contribution is 2.37. The largest absolute Gasteiger partial charge is 0.228 e. The molecule has 9 aromatic rings. The average molecular weight is 617 g/mol. The molecule has 0 aliphatic rings. The second-order valence-electron chi connectivity index (χ2n) is 11.9. The molecule has 0 atom stereocenters. The molecule has 2 nitrogen and oxygen atoms in total. The summed E-state index contributed by atoms with van der Waals surface area (Å²) in [6.07, 6.45) is 0. The van der Waals surface area contributed by atoms with Gasteiger partial charge in [0.05, 0.1) is 11.4 Å². The second kappa shape index (κ2) is 11.5. The minimum absolute atomic E-state index is 0.718. The molecular formula is C44H28N2S. The summed E-state index contributed by atoms with van der Waals surface area (Å²) in [6, 6.07) is 60.4. The van der Waals surface area contributed by atoms with Crippen LogP contribution in [-0.2, 0) is 0 Å². The van der Waals surface area contributed by atoms with Gasteiger partial charge in [0.2, 0.25) is 0 Å². The average Bonchev–Trinajstić information content (AvgIpc) is 3.53. The molecule has 0 spiro atoms. The summed E-state index contributed by atoms with van der Waals surface area (Å²) in [5, 5.41) is 5.12. The summed E-state index contributed by atoms with van der Waals surface area (Å²) in [4.78, 5) is 10.1. The molecule has 47 heavy (non-hydrogen) atoms. The molecule has 0 N–H and O–H groups in total. The molecule has 0 amide bonds. The van der Waals surface area contributed by atoms with Gasteiger partial charge in [0.25, 0.3) is 0 Å². The van der Waals surface area contributed by atoms with E-state index in [-0.39, 0.29) is 0 Å². The zero-order valence-corrected chi connectivity index (χ0v) is 26.3. The number of hydrogen-bond acceptors (Lipinski definition) is 3. The zero-order chi connectivity index (χ0) is 31.2. The Balaban J connectivity index is 1.08. The summed E-state index contributed by atoms with van der Waals surface area (Å²) in [7, 11) is 0. The third kappa shape index (κ3) is 5.17. The summed E-state index contributed by atoms with van der Waals surface area (Å²) in [5.41, 5.74) is 9.71. The monoisotopic (exact) mass is 616 g/mol. The molecule has 0 aliphatic carbocycles. The Hall–Kier alpha value is -5.90. The molecule has 7 aromatic carbocycles. The SMILES string of the molecule is c1ccc(-c2nc(-c3ccc(-c4ccc5ccccc5c4)cc3)cc(-c3ccc(-c4ccc5sc6ccccc6c5c4)cc3)n2)cc1. The second-order valence-corrected chi connectivity index (χ2v) is 12.9. The molecule has 0 saturated carbocycles. The van der Waals surface area contributed by atoms with E-state index in [2.05, 4.69) is 152 Å². The van der Waals surface area contributed by atoms with Crippen molar-refractivity contribution < 1.29 is 0 Å². The van der Waals surface area contributed by atoms with E-state index in [1.807, 2.05) is 29.5 Å². The van der Waals surface area contributed by atoms with Crippen LogP contribution in [0.2, 0.25) is 0 Å². The summed E-state index contributed by atoms with van der Waals surface area (Å²) in [5.74, 6) is 0.718. The number of benzene rings is 7. The number of aromatic nitrogens is 2. The number of hydrogen-bond donors (Lipinski definition) is 0. The van der Waals surface area contributed by atoms with Crippen LogP contribution in [0.3, 0.4) is 0 Å². The Morgan fingerprint density at radius 1 is 0.319 bits per heavy atom. The van der Waals surface area contributed by atoms with E-state index in [4.69, 9.17) is 9.97 Å². The third-order valence-electron chi connectivity index (χ3n) is 8.91. The molecule has 2 heterocycles. The third-order valence-corrected chi connectivity index (χ3v) is 10.1. The standard InChI is InChI=1S/C44H28N2S/c1-2-9-34(10-3-1)44-45-40(32-19-14-30(15-20-32)36-23-18-29-8-4-5-11-35(29)26-36)28-41(46-44)33-21-16-31(17-22-33)37-24-25-43-39(27-37)38-12-6-7-13-42(38)47-43/h1-28H. The molecule has 3 heteroatoms. The maximum Gasteiger partial charge on any atom is 0.160 e. The highest BCUT2D eigenvalue weighted by Gasteiger charge is 2.12. The van der Waals surface area contributed by atoms with Crippen LogP contribution in [0, 0.1) is 0 Å². The highest BCUT2D eigenvalue weighted by atomic mass is 32.1. The minimum atomic E-state index is 0.718. The van der Waals surface area contributed by atoms with Gasteiger partial charge in [-0.25, -0.2) is 9.97 Å². The number of rotatable bonds is 5. The van der Waals surface area contributed by atoms with E-state index >= 15 is 0 Å². The van der Waals surface area contributed by atoms with Crippen LogP contribution < -0.4 is 0 Å². The lowest BCUT2D eigenvalue weighted by molar-refractivity contribution is 1.18. The van der Waals surface area contributed by atoms with E-state index in [1.54, 1.807) is 0 Å². The van der Waals surface area contributed by atoms with E-state index in [0.29, 0.717) is 0 Å². The molecule has 2 aromatic heterocycles. The van der Waals surface area contributed by atoms with Crippen LogP contribution >= 0.6 is 11.3 Å². The molecule has 9 rings (SSSR count). The van der Waals surface area contributed by atoms with Crippen molar-refractivity contribution in [3.8, 4) is 56.2 Å². The van der Waals surface area contributed by atoms with E-state index < -0.39 is 0 Å². The van der Waals surface area contributed by atoms with Crippen LogP contribution in [-0.4, -0.2) is 9.97 Å². The normalized spacial score (nSPS) is 11.4. The molecule has 220 valence electrons. The van der Waals surface area contributed by atoms with Crippen LogP contribution in [0.4, 0.5) is 0 Å². The fraction of sp³-hybridized carbons (Fsp3) is 0. The predicted octanol–water partition coefficient (Wildman–Crippen LogP) is 12.3. The molecule has 0 radical (unpaired) electrons. The van der Waals surface area contributed by atoms with Crippen LogP contribution in [0.5, 0.6) is 0 Å². The topological polar surface area (TPSA) is 25.8 Å². The van der Waals surface area contributed by atoms with Crippen molar-refractivity contribution in [1.82, 2.24) is 9.97 Å². The summed E-state index contributed by atoms with van der Waals surface area (Å²) in [6.45, 7) is 0. The van der Waals surface area contributed by atoms with Crippen molar-refractivity contribution >= 4 is 42.3 Å². The molecule has 0 bridgehead atoms. The fourth-order valence-corrected chi connectivity index (χ4v) is 7.49. The van der Waals surface area contributed by atoms with Gasteiger partial charge in [-0.15, -0.1) is 11.3 Å². The summed E-state index contributed by atoms with van der Waals surface area (Å²) < 4.78 is 2.64. The Bertz CT molecular complexity index is 2550. The highest BCUT2D eigenvalue weighted by molar-refractivity contribution is 7.25. The lowest BCUT2D eigenvalue weighted by Crippen LogP contribution is -1.96. The zero-order valence-electron chi connectivity index (χ0n) is 25.5. The predicted molar refractivity (Wildman–Crippen MR) is 200 cm³/mol. The molecule has 0 fully saturated rings. The smallest absolute Gasteiger partial charge is 0.160 e. The van der Waals surface area contributed by atoms with Crippen molar-refractivity contribution in [2.24, 2.45) is 0 Å². The van der Waals surface area contributed by atoms with E-state index in [9.17, 15) is 0 Å². The lowest BCUT2D eigenvalue weighted by atomic mass is 9.98. The van der Waals surface area contributed by atoms with Crippen molar-refractivity contribution in [3.05, 3.63) is 170 Å². The van der Waals surface area contributed by atoms with Gasteiger partial charge < -0.3 is 0 Å².